The highest BCUT2D eigenvalue weighted by Crippen LogP contribution is 2.19. The first kappa shape index (κ1) is 13.3. The van der Waals surface area contributed by atoms with Gasteiger partial charge in [0.1, 0.15) is 23.3 Å². The third-order valence-electron chi connectivity index (χ3n) is 3.06. The van der Waals surface area contributed by atoms with E-state index in [2.05, 4.69) is 25.6 Å². The quantitative estimate of drug-likeness (QED) is 0.853. The van der Waals surface area contributed by atoms with Gasteiger partial charge in [0.15, 0.2) is 0 Å². The molecule has 102 valence electrons. The second kappa shape index (κ2) is 5.69. The standard InChI is InChI=1S/C13H20N6/c1-9-12(14-3)17-10(2)18-13(9)16-6-5-11-15-7-8-19(11)4/h7-8H,5-6H2,1-4H3,(H2,14,16,17,18). The Balaban J connectivity index is 2.03. The molecule has 0 spiro atoms. The summed E-state index contributed by atoms with van der Waals surface area (Å²) in [5, 5.41) is 6.43. The van der Waals surface area contributed by atoms with E-state index in [0.717, 1.165) is 41.8 Å². The van der Waals surface area contributed by atoms with E-state index in [1.807, 2.05) is 44.9 Å². The average Bonchev–Trinajstić information content (AvgIpc) is 2.79. The number of imidazole rings is 1. The van der Waals surface area contributed by atoms with Crippen molar-refractivity contribution in [3.05, 3.63) is 29.6 Å². The first-order valence-corrected chi connectivity index (χ1v) is 6.35. The van der Waals surface area contributed by atoms with Crippen molar-refractivity contribution in [3.63, 3.8) is 0 Å². The minimum atomic E-state index is 0.759. The van der Waals surface area contributed by atoms with Gasteiger partial charge in [-0.2, -0.15) is 0 Å². The zero-order chi connectivity index (χ0) is 13.8. The Bertz CT molecular complexity index is 560. The molecule has 2 aromatic heterocycles. The van der Waals surface area contributed by atoms with Crippen LogP contribution in [0.2, 0.25) is 0 Å². The molecule has 0 aliphatic heterocycles. The van der Waals surface area contributed by atoms with Crippen molar-refractivity contribution in [1.82, 2.24) is 19.5 Å². The fourth-order valence-corrected chi connectivity index (χ4v) is 1.97. The highest BCUT2D eigenvalue weighted by atomic mass is 15.1. The summed E-state index contributed by atoms with van der Waals surface area (Å²) < 4.78 is 2.03. The molecule has 2 heterocycles. The molecule has 0 aliphatic rings. The van der Waals surface area contributed by atoms with Crippen LogP contribution in [0.25, 0.3) is 0 Å². The van der Waals surface area contributed by atoms with E-state index in [1.54, 1.807) is 0 Å². The number of anilines is 2. The average molecular weight is 260 g/mol. The highest BCUT2D eigenvalue weighted by Gasteiger charge is 2.07. The lowest BCUT2D eigenvalue weighted by Gasteiger charge is -2.12. The molecule has 2 rings (SSSR count). The van der Waals surface area contributed by atoms with Gasteiger partial charge in [-0.1, -0.05) is 0 Å². The van der Waals surface area contributed by atoms with Gasteiger partial charge in [0.05, 0.1) is 0 Å². The predicted molar refractivity (Wildman–Crippen MR) is 76.5 cm³/mol. The van der Waals surface area contributed by atoms with Crippen LogP contribution in [0.4, 0.5) is 11.6 Å². The zero-order valence-electron chi connectivity index (χ0n) is 11.9. The molecular weight excluding hydrogens is 240 g/mol. The summed E-state index contributed by atoms with van der Waals surface area (Å²) in [6, 6.07) is 0. The molecule has 0 fully saturated rings. The number of hydrogen-bond donors (Lipinski definition) is 2. The summed E-state index contributed by atoms with van der Waals surface area (Å²) in [5.41, 5.74) is 1.04. The predicted octanol–water partition coefficient (Wildman–Crippen LogP) is 1.52. The van der Waals surface area contributed by atoms with E-state index < -0.39 is 0 Å². The molecule has 0 bridgehead atoms. The molecule has 0 aromatic carbocycles. The topological polar surface area (TPSA) is 67.7 Å². The lowest BCUT2D eigenvalue weighted by molar-refractivity contribution is 0.787. The van der Waals surface area contributed by atoms with Crippen molar-refractivity contribution in [2.45, 2.75) is 20.3 Å². The van der Waals surface area contributed by atoms with Crippen LogP contribution in [0.5, 0.6) is 0 Å². The van der Waals surface area contributed by atoms with Crippen molar-refractivity contribution < 1.29 is 0 Å². The van der Waals surface area contributed by atoms with Gasteiger partial charge in [-0.25, -0.2) is 15.0 Å². The van der Waals surface area contributed by atoms with E-state index in [0.29, 0.717) is 0 Å². The zero-order valence-corrected chi connectivity index (χ0v) is 11.9. The van der Waals surface area contributed by atoms with E-state index in [9.17, 15) is 0 Å². The molecule has 0 atom stereocenters. The van der Waals surface area contributed by atoms with Crippen LogP contribution in [-0.4, -0.2) is 33.1 Å². The van der Waals surface area contributed by atoms with Crippen LogP contribution in [0.15, 0.2) is 12.4 Å². The van der Waals surface area contributed by atoms with Crippen LogP contribution in [0.3, 0.4) is 0 Å². The Kier molecular flexibility index (Phi) is 3.99. The third kappa shape index (κ3) is 3.01. The molecule has 6 heteroatoms. The molecule has 0 radical (unpaired) electrons. The van der Waals surface area contributed by atoms with Gasteiger partial charge < -0.3 is 15.2 Å². The molecule has 19 heavy (non-hydrogen) atoms. The number of aryl methyl sites for hydroxylation is 2. The Morgan fingerprint density at radius 2 is 1.95 bits per heavy atom. The summed E-state index contributed by atoms with van der Waals surface area (Å²) in [6.07, 6.45) is 4.63. The molecule has 0 saturated carbocycles. The fraction of sp³-hybridized carbons (Fsp3) is 0.462. The van der Waals surface area contributed by atoms with Crippen molar-refractivity contribution in [3.8, 4) is 0 Å². The van der Waals surface area contributed by atoms with Crippen LogP contribution in [0.1, 0.15) is 17.2 Å². The van der Waals surface area contributed by atoms with Crippen LogP contribution in [0, 0.1) is 13.8 Å². The van der Waals surface area contributed by atoms with E-state index in [1.165, 1.54) is 0 Å². The Morgan fingerprint density at radius 3 is 2.58 bits per heavy atom. The SMILES string of the molecule is CNc1nc(C)nc(NCCc2nccn2C)c1C. The van der Waals surface area contributed by atoms with Gasteiger partial charge in [0.2, 0.25) is 0 Å². The largest absolute Gasteiger partial charge is 0.373 e. The van der Waals surface area contributed by atoms with Gasteiger partial charge in [-0.05, 0) is 13.8 Å². The van der Waals surface area contributed by atoms with Crippen molar-refractivity contribution in [2.24, 2.45) is 7.05 Å². The molecular formula is C13H20N6. The maximum atomic E-state index is 4.43. The summed E-state index contributed by atoms with van der Waals surface area (Å²) in [5.74, 6) is 3.57. The van der Waals surface area contributed by atoms with E-state index in [-0.39, 0.29) is 0 Å². The Morgan fingerprint density at radius 1 is 1.21 bits per heavy atom. The van der Waals surface area contributed by atoms with Crippen LogP contribution in [-0.2, 0) is 13.5 Å². The summed E-state index contributed by atoms with van der Waals surface area (Å²) >= 11 is 0. The molecule has 2 N–H and O–H groups in total. The molecule has 0 amide bonds. The first-order chi connectivity index (χ1) is 9.11. The number of nitrogens with one attached hydrogen (secondary N) is 2. The Labute approximate surface area is 113 Å². The summed E-state index contributed by atoms with van der Waals surface area (Å²) in [4.78, 5) is 13.1. The summed E-state index contributed by atoms with van der Waals surface area (Å²) in [6.45, 7) is 4.70. The number of aromatic nitrogens is 4. The number of hydrogen-bond acceptors (Lipinski definition) is 5. The summed E-state index contributed by atoms with van der Waals surface area (Å²) in [7, 11) is 3.87. The molecule has 0 saturated heterocycles. The lowest BCUT2D eigenvalue weighted by atomic mass is 10.3. The minimum absolute atomic E-state index is 0.759. The maximum absolute atomic E-state index is 4.43. The third-order valence-corrected chi connectivity index (χ3v) is 3.06. The maximum Gasteiger partial charge on any atom is 0.134 e. The fourth-order valence-electron chi connectivity index (χ4n) is 1.97. The van der Waals surface area contributed by atoms with E-state index in [4.69, 9.17) is 0 Å². The molecule has 0 unspecified atom stereocenters. The van der Waals surface area contributed by atoms with Gasteiger partial charge in [0.25, 0.3) is 0 Å². The number of rotatable bonds is 5. The second-order valence-corrected chi connectivity index (χ2v) is 4.47. The first-order valence-electron chi connectivity index (χ1n) is 6.35. The molecule has 2 aromatic rings. The van der Waals surface area contributed by atoms with Crippen LogP contribution < -0.4 is 10.6 Å². The Hall–Kier alpha value is -2.11. The van der Waals surface area contributed by atoms with Gasteiger partial charge >= 0.3 is 0 Å². The molecule has 0 aliphatic carbocycles. The number of nitrogens with zero attached hydrogens (tertiary/aromatic N) is 4. The van der Waals surface area contributed by atoms with Crippen LogP contribution >= 0.6 is 0 Å². The minimum Gasteiger partial charge on any atom is -0.373 e. The normalized spacial score (nSPS) is 10.5. The van der Waals surface area contributed by atoms with Gasteiger partial charge in [0, 0.05) is 45.0 Å². The highest BCUT2D eigenvalue weighted by molar-refractivity contribution is 5.56. The van der Waals surface area contributed by atoms with Crippen molar-refractivity contribution in [2.75, 3.05) is 24.2 Å². The smallest absolute Gasteiger partial charge is 0.134 e. The van der Waals surface area contributed by atoms with E-state index >= 15 is 0 Å². The van der Waals surface area contributed by atoms with Gasteiger partial charge in [-0.3, -0.25) is 0 Å². The monoisotopic (exact) mass is 260 g/mol. The molecule has 6 nitrogen and oxygen atoms in total. The van der Waals surface area contributed by atoms with Crippen molar-refractivity contribution >= 4 is 11.6 Å². The second-order valence-electron chi connectivity index (χ2n) is 4.47. The lowest BCUT2D eigenvalue weighted by Crippen LogP contribution is -2.12. The van der Waals surface area contributed by atoms with Gasteiger partial charge in [-0.15, -0.1) is 0 Å². The van der Waals surface area contributed by atoms with Crippen molar-refractivity contribution in [1.29, 1.82) is 0 Å².